The van der Waals surface area contributed by atoms with Crippen LogP contribution >= 0.6 is 0 Å². The number of hydrogen-bond donors (Lipinski definition) is 0. The molecule has 0 saturated heterocycles. The molecule has 0 bridgehead atoms. The van der Waals surface area contributed by atoms with E-state index in [1.807, 2.05) is 0 Å². The van der Waals surface area contributed by atoms with E-state index < -0.39 is 17.2 Å². The van der Waals surface area contributed by atoms with Crippen LogP contribution in [0.25, 0.3) is 0 Å². The fraction of sp³-hybridized carbons (Fsp3) is 0.267. The number of rotatable bonds is 5. The van der Waals surface area contributed by atoms with Gasteiger partial charge in [0.05, 0.1) is 17.0 Å². The lowest BCUT2D eigenvalue weighted by Gasteiger charge is -2.21. The topological polar surface area (TPSA) is 23.8 Å². The summed E-state index contributed by atoms with van der Waals surface area (Å²) in [7, 11) is 0. The zero-order chi connectivity index (χ0) is 14.5. The normalized spacial score (nSPS) is 14.2. The average Bonchev–Trinajstić information content (AvgIpc) is 2.37. The first-order valence-electron chi connectivity index (χ1n) is 5.69. The third-order valence-electron chi connectivity index (χ3n) is 2.92. The van der Waals surface area contributed by atoms with Gasteiger partial charge in [-0.05, 0) is 30.5 Å². The van der Waals surface area contributed by atoms with Gasteiger partial charge in [-0.25, -0.2) is 0 Å². The summed E-state index contributed by atoms with van der Waals surface area (Å²) in [6.45, 7) is 7.21. The predicted molar refractivity (Wildman–Crippen MR) is 68.2 cm³/mol. The third-order valence-corrected chi connectivity index (χ3v) is 2.92. The molecule has 0 heterocycles. The van der Waals surface area contributed by atoms with Gasteiger partial charge in [0.1, 0.15) is 0 Å². The maximum atomic E-state index is 12.4. The summed E-state index contributed by atoms with van der Waals surface area (Å²) in [6.07, 6.45) is -0.489. The Balaban J connectivity index is 2.97. The average molecular weight is 265 g/mol. The van der Waals surface area contributed by atoms with Gasteiger partial charge in [0.15, 0.2) is 0 Å². The third kappa shape index (κ3) is 3.72. The van der Waals surface area contributed by atoms with Crippen LogP contribution in [-0.2, 0) is 12.6 Å². The molecule has 0 aromatic heterocycles. The van der Waals surface area contributed by atoms with Gasteiger partial charge in [0, 0.05) is 0 Å². The Kier molecular flexibility index (Phi) is 4.55. The molecule has 0 saturated carbocycles. The molecule has 100 valence electrons. The van der Waals surface area contributed by atoms with Crippen molar-refractivity contribution in [2.24, 2.45) is 5.41 Å². The molecular weight excluding hydrogens is 251 g/mol. The maximum absolute atomic E-state index is 12.4. The standard InChI is InChI=1S/C15H14F3N/c1-3-9-14(4-2,11-19)10-12-5-7-13(8-6-12)15(16,17)18/h3-8H,1-2,9-10H2. The largest absolute Gasteiger partial charge is 0.416 e. The van der Waals surface area contributed by atoms with E-state index in [1.165, 1.54) is 18.2 Å². The molecule has 1 unspecified atom stereocenters. The number of alkyl halides is 3. The van der Waals surface area contributed by atoms with E-state index in [1.54, 1.807) is 6.08 Å². The molecule has 0 radical (unpaired) electrons. The van der Waals surface area contributed by atoms with E-state index in [9.17, 15) is 18.4 Å². The summed E-state index contributed by atoms with van der Waals surface area (Å²) in [5, 5.41) is 9.20. The first kappa shape index (κ1) is 15.0. The van der Waals surface area contributed by atoms with Crippen molar-refractivity contribution < 1.29 is 13.2 Å². The molecule has 0 N–H and O–H groups in total. The van der Waals surface area contributed by atoms with Crippen LogP contribution in [0.2, 0.25) is 0 Å². The smallest absolute Gasteiger partial charge is 0.197 e. The summed E-state index contributed by atoms with van der Waals surface area (Å²) in [5.41, 5.74) is -0.848. The summed E-state index contributed by atoms with van der Waals surface area (Å²) >= 11 is 0. The minimum atomic E-state index is -4.34. The van der Waals surface area contributed by atoms with Crippen molar-refractivity contribution in [3.8, 4) is 6.07 Å². The van der Waals surface area contributed by atoms with Gasteiger partial charge in [-0.3, -0.25) is 0 Å². The van der Waals surface area contributed by atoms with E-state index in [0.29, 0.717) is 18.4 Å². The first-order valence-corrected chi connectivity index (χ1v) is 5.69. The monoisotopic (exact) mass is 265 g/mol. The minimum absolute atomic E-state index is 0.317. The van der Waals surface area contributed by atoms with Crippen molar-refractivity contribution in [2.75, 3.05) is 0 Å². The van der Waals surface area contributed by atoms with Crippen molar-refractivity contribution in [3.05, 3.63) is 60.7 Å². The van der Waals surface area contributed by atoms with Crippen molar-refractivity contribution in [1.82, 2.24) is 0 Å². The van der Waals surface area contributed by atoms with Gasteiger partial charge in [-0.1, -0.05) is 24.3 Å². The van der Waals surface area contributed by atoms with Crippen LogP contribution in [0.1, 0.15) is 17.5 Å². The molecule has 1 aromatic rings. The van der Waals surface area contributed by atoms with E-state index in [2.05, 4.69) is 19.2 Å². The Labute approximate surface area is 110 Å². The Morgan fingerprint density at radius 1 is 1.16 bits per heavy atom. The first-order chi connectivity index (χ1) is 8.87. The molecule has 1 aromatic carbocycles. The summed E-state index contributed by atoms with van der Waals surface area (Å²) in [4.78, 5) is 0. The molecule has 0 fully saturated rings. The second kappa shape index (κ2) is 5.75. The summed E-state index contributed by atoms with van der Waals surface area (Å²) in [5.74, 6) is 0. The highest BCUT2D eigenvalue weighted by atomic mass is 19.4. The van der Waals surface area contributed by atoms with Crippen LogP contribution < -0.4 is 0 Å². The van der Waals surface area contributed by atoms with Crippen LogP contribution in [0.15, 0.2) is 49.6 Å². The number of halogens is 3. The Hall–Kier alpha value is -2.02. The van der Waals surface area contributed by atoms with Crippen LogP contribution in [-0.4, -0.2) is 0 Å². The van der Waals surface area contributed by atoms with Crippen molar-refractivity contribution in [1.29, 1.82) is 5.26 Å². The lowest BCUT2D eigenvalue weighted by molar-refractivity contribution is -0.137. The van der Waals surface area contributed by atoms with Gasteiger partial charge in [0.25, 0.3) is 0 Å². The number of nitriles is 1. The highest BCUT2D eigenvalue weighted by Crippen LogP contribution is 2.32. The van der Waals surface area contributed by atoms with Crippen molar-refractivity contribution in [3.63, 3.8) is 0 Å². The summed E-state index contributed by atoms with van der Waals surface area (Å²) in [6, 6.07) is 6.97. The number of benzene rings is 1. The van der Waals surface area contributed by atoms with Gasteiger partial charge in [0.2, 0.25) is 0 Å². The second-order valence-electron chi connectivity index (χ2n) is 4.34. The minimum Gasteiger partial charge on any atom is -0.197 e. The Morgan fingerprint density at radius 3 is 2.11 bits per heavy atom. The molecule has 4 heteroatoms. The van der Waals surface area contributed by atoms with Crippen LogP contribution in [0.5, 0.6) is 0 Å². The molecule has 0 aliphatic rings. The maximum Gasteiger partial charge on any atom is 0.416 e. The van der Waals surface area contributed by atoms with Crippen molar-refractivity contribution >= 4 is 0 Å². The number of nitrogens with zero attached hydrogens (tertiary/aromatic N) is 1. The predicted octanol–water partition coefficient (Wildman–Crippen LogP) is 4.52. The van der Waals surface area contributed by atoms with E-state index in [-0.39, 0.29) is 0 Å². The second-order valence-corrected chi connectivity index (χ2v) is 4.34. The number of allylic oxidation sites excluding steroid dienone is 2. The molecule has 0 spiro atoms. The molecule has 1 atom stereocenters. The van der Waals surface area contributed by atoms with Crippen LogP contribution in [0.4, 0.5) is 13.2 Å². The summed E-state index contributed by atoms with van der Waals surface area (Å²) < 4.78 is 37.3. The lowest BCUT2D eigenvalue weighted by atomic mass is 9.80. The van der Waals surface area contributed by atoms with Crippen LogP contribution in [0.3, 0.4) is 0 Å². The molecule has 1 nitrogen and oxygen atoms in total. The van der Waals surface area contributed by atoms with Gasteiger partial charge >= 0.3 is 6.18 Å². The van der Waals surface area contributed by atoms with Gasteiger partial charge in [-0.2, -0.15) is 18.4 Å². The zero-order valence-corrected chi connectivity index (χ0v) is 10.4. The molecular formula is C15H14F3N. The SMILES string of the molecule is C=CCC(C#N)(C=C)Cc1ccc(C(F)(F)F)cc1. The highest BCUT2D eigenvalue weighted by Gasteiger charge is 2.30. The number of hydrogen-bond acceptors (Lipinski definition) is 1. The van der Waals surface area contributed by atoms with Crippen LogP contribution in [0, 0.1) is 16.7 Å². The van der Waals surface area contributed by atoms with Gasteiger partial charge < -0.3 is 0 Å². The molecule has 19 heavy (non-hydrogen) atoms. The lowest BCUT2D eigenvalue weighted by Crippen LogP contribution is -2.18. The zero-order valence-electron chi connectivity index (χ0n) is 10.4. The Bertz CT molecular complexity index is 494. The van der Waals surface area contributed by atoms with Crippen molar-refractivity contribution in [2.45, 2.75) is 19.0 Å². The fourth-order valence-electron chi connectivity index (χ4n) is 1.79. The molecule has 1 rings (SSSR count). The molecule has 0 aliphatic carbocycles. The van der Waals surface area contributed by atoms with Gasteiger partial charge in [-0.15, -0.1) is 13.2 Å². The molecule has 0 amide bonds. The Morgan fingerprint density at radius 2 is 1.74 bits per heavy atom. The quantitative estimate of drug-likeness (QED) is 0.718. The van der Waals surface area contributed by atoms with E-state index in [0.717, 1.165) is 12.1 Å². The highest BCUT2D eigenvalue weighted by molar-refractivity contribution is 5.28. The molecule has 0 aliphatic heterocycles. The van der Waals surface area contributed by atoms with E-state index in [4.69, 9.17) is 0 Å². The fourth-order valence-corrected chi connectivity index (χ4v) is 1.79. The van der Waals surface area contributed by atoms with E-state index >= 15 is 0 Å².